The van der Waals surface area contributed by atoms with Gasteiger partial charge in [0.2, 0.25) is 17.5 Å². The lowest BCUT2D eigenvalue weighted by Crippen LogP contribution is -2.26. The number of ether oxygens (including phenoxy) is 3. The number of carbonyl (C=O) groups excluding carboxylic acids is 1. The number of nitrogens with one attached hydrogen (secondary N) is 2. The Morgan fingerprint density at radius 1 is 0.933 bits per heavy atom. The van der Waals surface area contributed by atoms with Crippen LogP contribution >= 0.6 is 0 Å². The Kier molecular flexibility index (Phi) is 10.3. The summed E-state index contributed by atoms with van der Waals surface area (Å²) in [6.07, 6.45) is 2.97. The number of amides is 1. The molecule has 0 aliphatic carbocycles. The van der Waals surface area contributed by atoms with Crippen molar-refractivity contribution in [2.45, 2.75) is 44.4 Å². The molecule has 12 nitrogen and oxygen atoms in total. The number of hydrogen-bond acceptors (Lipinski definition) is 10. The summed E-state index contributed by atoms with van der Waals surface area (Å²) >= 11 is 0. The SMILES string of the molecule is C=C(C)CNC(=O)CCOc1nc(-c2ncccn2)nc(NS(=O)(=O)c2ccc(C(C)(C)C)cc2)c1Oc1ccccc1OC. The van der Waals surface area contributed by atoms with Crippen LogP contribution in [0.3, 0.4) is 0 Å². The van der Waals surface area contributed by atoms with Crippen LogP contribution in [0.1, 0.15) is 39.7 Å². The Morgan fingerprint density at radius 2 is 1.60 bits per heavy atom. The molecule has 4 aromatic rings. The van der Waals surface area contributed by atoms with Crippen LogP contribution in [-0.2, 0) is 20.2 Å². The predicted molar refractivity (Wildman–Crippen MR) is 170 cm³/mol. The van der Waals surface area contributed by atoms with Gasteiger partial charge in [0.05, 0.1) is 25.0 Å². The molecule has 0 radical (unpaired) electrons. The van der Waals surface area contributed by atoms with Crippen LogP contribution in [0.2, 0.25) is 0 Å². The van der Waals surface area contributed by atoms with E-state index in [0.29, 0.717) is 12.3 Å². The van der Waals surface area contributed by atoms with Crippen molar-refractivity contribution >= 4 is 21.7 Å². The molecule has 236 valence electrons. The zero-order chi connectivity index (χ0) is 32.6. The van der Waals surface area contributed by atoms with E-state index in [4.69, 9.17) is 14.2 Å². The van der Waals surface area contributed by atoms with Crippen LogP contribution in [0.15, 0.2) is 84.0 Å². The quantitative estimate of drug-likeness (QED) is 0.186. The van der Waals surface area contributed by atoms with Crippen molar-refractivity contribution in [3.05, 3.63) is 84.7 Å². The maximum Gasteiger partial charge on any atom is 0.263 e. The summed E-state index contributed by atoms with van der Waals surface area (Å²) in [6.45, 7) is 11.9. The monoisotopic (exact) mass is 632 g/mol. The highest BCUT2D eigenvalue weighted by Gasteiger charge is 2.26. The zero-order valence-electron chi connectivity index (χ0n) is 25.8. The maximum atomic E-state index is 13.7. The van der Waals surface area contributed by atoms with E-state index in [1.165, 1.54) is 31.6 Å². The average Bonchev–Trinajstić information content (AvgIpc) is 3.01. The lowest BCUT2D eigenvalue weighted by molar-refractivity contribution is -0.121. The number of aromatic nitrogens is 4. The lowest BCUT2D eigenvalue weighted by atomic mass is 9.87. The number of benzene rings is 2. The minimum atomic E-state index is -4.19. The highest BCUT2D eigenvalue weighted by molar-refractivity contribution is 7.92. The number of anilines is 1. The highest BCUT2D eigenvalue weighted by Crippen LogP contribution is 2.41. The Labute approximate surface area is 263 Å². The van der Waals surface area contributed by atoms with E-state index in [2.05, 4.69) is 36.6 Å². The lowest BCUT2D eigenvalue weighted by Gasteiger charge is -2.20. The molecule has 0 unspecified atom stereocenters. The Morgan fingerprint density at radius 3 is 2.22 bits per heavy atom. The fraction of sp³-hybridized carbons (Fsp3) is 0.281. The van der Waals surface area contributed by atoms with Crippen molar-refractivity contribution in [2.24, 2.45) is 0 Å². The third-order valence-corrected chi connectivity index (χ3v) is 7.65. The average molecular weight is 633 g/mol. The van der Waals surface area contributed by atoms with Gasteiger partial charge in [0.1, 0.15) is 0 Å². The van der Waals surface area contributed by atoms with E-state index in [1.807, 2.05) is 20.8 Å². The molecule has 2 aromatic carbocycles. The molecule has 0 aliphatic heterocycles. The van der Waals surface area contributed by atoms with Gasteiger partial charge in [-0.3, -0.25) is 9.52 Å². The molecule has 1 amide bonds. The van der Waals surface area contributed by atoms with E-state index < -0.39 is 10.0 Å². The van der Waals surface area contributed by atoms with E-state index in [9.17, 15) is 13.2 Å². The van der Waals surface area contributed by atoms with E-state index >= 15 is 0 Å². The molecule has 0 fully saturated rings. The van der Waals surface area contributed by atoms with Crippen molar-refractivity contribution in [1.29, 1.82) is 0 Å². The van der Waals surface area contributed by atoms with Gasteiger partial charge in [0, 0.05) is 18.9 Å². The van der Waals surface area contributed by atoms with Crippen molar-refractivity contribution in [3.8, 4) is 34.8 Å². The Balaban J connectivity index is 1.80. The summed E-state index contributed by atoms with van der Waals surface area (Å²) in [5.74, 6) is -0.129. The molecule has 0 spiro atoms. The van der Waals surface area contributed by atoms with E-state index in [-0.39, 0.29) is 64.1 Å². The fourth-order valence-electron chi connectivity index (χ4n) is 3.92. The minimum Gasteiger partial charge on any atom is -0.493 e. The molecule has 0 aliphatic rings. The van der Waals surface area contributed by atoms with Gasteiger partial charge in [-0.2, -0.15) is 4.98 Å². The Bertz CT molecular complexity index is 1760. The summed E-state index contributed by atoms with van der Waals surface area (Å²) in [5.41, 5.74) is 1.59. The van der Waals surface area contributed by atoms with Gasteiger partial charge in [-0.05, 0) is 48.2 Å². The number of carbonyl (C=O) groups is 1. The molecular weight excluding hydrogens is 596 g/mol. The first-order chi connectivity index (χ1) is 21.4. The van der Waals surface area contributed by atoms with Gasteiger partial charge in [0.25, 0.3) is 15.9 Å². The molecule has 0 saturated carbocycles. The number of nitrogens with zero attached hydrogens (tertiary/aromatic N) is 4. The second-order valence-corrected chi connectivity index (χ2v) is 12.7. The molecule has 45 heavy (non-hydrogen) atoms. The number of methoxy groups -OCH3 is 1. The van der Waals surface area contributed by atoms with Gasteiger partial charge in [0.15, 0.2) is 23.1 Å². The molecule has 0 bridgehead atoms. The first-order valence-electron chi connectivity index (χ1n) is 14.0. The fourth-order valence-corrected chi connectivity index (χ4v) is 4.92. The van der Waals surface area contributed by atoms with Crippen LogP contribution in [0.5, 0.6) is 23.1 Å². The molecule has 2 aromatic heterocycles. The standard InChI is InChI=1S/C32H36N6O6S/c1-21(2)20-35-26(39)16-19-43-31-27(44-25-11-8-7-10-24(25)42-6)28(36-30(37-31)29-33-17-9-18-34-29)38-45(40,41)23-14-12-22(13-15-23)32(3,4)5/h7-15,17-18H,1,16,19-20H2,2-6H3,(H,35,39)(H,36,37,38). The van der Waals surface area contributed by atoms with Crippen molar-refractivity contribution in [3.63, 3.8) is 0 Å². The van der Waals surface area contributed by atoms with Gasteiger partial charge in [-0.15, -0.1) is 0 Å². The van der Waals surface area contributed by atoms with Crippen molar-refractivity contribution in [2.75, 3.05) is 25.0 Å². The molecule has 0 saturated heterocycles. The first kappa shape index (κ1) is 32.9. The molecule has 0 atom stereocenters. The van der Waals surface area contributed by atoms with Crippen LogP contribution in [0.4, 0.5) is 5.82 Å². The van der Waals surface area contributed by atoms with Crippen LogP contribution in [0.25, 0.3) is 11.6 Å². The van der Waals surface area contributed by atoms with Crippen molar-refractivity contribution < 1.29 is 27.4 Å². The summed E-state index contributed by atoms with van der Waals surface area (Å²) < 4.78 is 47.5. The minimum absolute atomic E-state index is 0.00603. The summed E-state index contributed by atoms with van der Waals surface area (Å²) in [7, 11) is -2.72. The van der Waals surface area contributed by atoms with Crippen LogP contribution < -0.4 is 24.2 Å². The zero-order valence-corrected chi connectivity index (χ0v) is 26.6. The Hall–Kier alpha value is -5.04. The number of sulfonamides is 1. The van der Waals surface area contributed by atoms with Gasteiger partial charge < -0.3 is 19.5 Å². The van der Waals surface area contributed by atoms with E-state index in [0.717, 1.165) is 11.1 Å². The van der Waals surface area contributed by atoms with Gasteiger partial charge in [-0.1, -0.05) is 57.2 Å². The molecule has 4 rings (SSSR count). The van der Waals surface area contributed by atoms with Crippen molar-refractivity contribution in [1.82, 2.24) is 25.3 Å². The largest absolute Gasteiger partial charge is 0.493 e. The van der Waals surface area contributed by atoms with E-state index in [1.54, 1.807) is 49.4 Å². The molecular formula is C32H36N6O6S. The normalized spacial score (nSPS) is 11.4. The predicted octanol–water partition coefficient (Wildman–Crippen LogP) is 5.29. The summed E-state index contributed by atoms with van der Waals surface area (Å²) in [6, 6.07) is 15.0. The number of rotatable bonds is 13. The number of para-hydroxylation sites is 2. The third kappa shape index (κ3) is 8.76. The van der Waals surface area contributed by atoms with Crippen LogP contribution in [0, 0.1) is 0 Å². The number of hydrogen-bond donors (Lipinski definition) is 2. The van der Waals surface area contributed by atoms with Gasteiger partial charge >= 0.3 is 0 Å². The molecule has 2 heterocycles. The topological polar surface area (TPSA) is 155 Å². The van der Waals surface area contributed by atoms with Gasteiger partial charge in [-0.25, -0.2) is 23.4 Å². The van der Waals surface area contributed by atoms with Crippen LogP contribution in [-0.4, -0.2) is 54.5 Å². The molecule has 2 N–H and O–H groups in total. The molecule has 13 heteroatoms. The second-order valence-electron chi connectivity index (χ2n) is 11.1. The summed E-state index contributed by atoms with van der Waals surface area (Å²) in [4.78, 5) is 29.7. The third-order valence-electron chi connectivity index (χ3n) is 6.30. The second kappa shape index (κ2) is 14.2. The maximum absolute atomic E-state index is 13.7. The summed E-state index contributed by atoms with van der Waals surface area (Å²) in [5, 5.41) is 2.74. The smallest absolute Gasteiger partial charge is 0.263 e. The highest BCUT2D eigenvalue weighted by atomic mass is 32.2. The first-order valence-corrected chi connectivity index (χ1v) is 15.5.